The predicted molar refractivity (Wildman–Crippen MR) is 136 cm³/mol. The number of nitrogens with zero attached hydrogens (tertiary/aromatic N) is 2. The van der Waals surface area contributed by atoms with Crippen molar-refractivity contribution in [3.8, 4) is 5.75 Å². The second-order valence-corrected chi connectivity index (χ2v) is 11.6. The summed E-state index contributed by atoms with van der Waals surface area (Å²) in [6, 6.07) is 19.1. The van der Waals surface area contributed by atoms with E-state index in [2.05, 4.69) is 13.8 Å². The third kappa shape index (κ3) is 3.88. The molecule has 0 radical (unpaired) electrons. The van der Waals surface area contributed by atoms with Crippen LogP contribution in [0.5, 0.6) is 5.75 Å². The van der Waals surface area contributed by atoms with Gasteiger partial charge in [0, 0.05) is 22.4 Å². The number of anilines is 1. The van der Waals surface area contributed by atoms with Gasteiger partial charge in [-0.15, -0.1) is 11.8 Å². The first-order valence-electron chi connectivity index (χ1n) is 11.5. The number of carbonyl (C=O) groups excluding carboxylic acids is 2. The molecule has 7 heteroatoms. The molecule has 2 amide bonds. The van der Waals surface area contributed by atoms with Gasteiger partial charge in [-0.05, 0) is 62.7 Å². The van der Waals surface area contributed by atoms with E-state index in [-0.39, 0.29) is 22.4 Å². The smallest absolute Gasteiger partial charge is 0.268 e. The zero-order chi connectivity index (χ0) is 25.0. The Bertz CT molecular complexity index is 1320. The van der Waals surface area contributed by atoms with E-state index >= 15 is 0 Å². The zero-order valence-corrected chi connectivity index (χ0v) is 21.0. The van der Waals surface area contributed by atoms with E-state index in [0.29, 0.717) is 24.4 Å². The molecule has 0 N–H and O–H groups in total. The molecule has 35 heavy (non-hydrogen) atoms. The summed E-state index contributed by atoms with van der Waals surface area (Å²) in [7, 11) is 1.56. The van der Waals surface area contributed by atoms with Crippen LogP contribution in [0.15, 0.2) is 66.7 Å². The SMILES string of the molecule is COc1cccc(C(=O)N2CC(C)(C)SC23C(=O)N(Cc2ccc(F)cc2)c2ccc(C)cc23)c1. The highest BCUT2D eigenvalue weighted by Crippen LogP contribution is 2.60. The van der Waals surface area contributed by atoms with Crippen LogP contribution < -0.4 is 9.64 Å². The van der Waals surface area contributed by atoms with Gasteiger partial charge >= 0.3 is 0 Å². The Kier molecular flexibility index (Phi) is 5.63. The van der Waals surface area contributed by atoms with Crippen molar-refractivity contribution in [1.29, 1.82) is 0 Å². The lowest BCUT2D eigenvalue weighted by Gasteiger charge is -2.33. The molecule has 2 heterocycles. The number of rotatable bonds is 4. The van der Waals surface area contributed by atoms with Gasteiger partial charge in [0.05, 0.1) is 19.3 Å². The number of ether oxygens (including phenoxy) is 1. The summed E-state index contributed by atoms with van der Waals surface area (Å²) in [5.74, 6) is -0.110. The summed E-state index contributed by atoms with van der Waals surface area (Å²) in [5.41, 5.74) is 3.89. The number of benzene rings is 3. The van der Waals surface area contributed by atoms with Crippen molar-refractivity contribution in [1.82, 2.24) is 4.90 Å². The van der Waals surface area contributed by atoms with E-state index in [4.69, 9.17) is 4.74 Å². The number of carbonyl (C=O) groups is 2. The van der Waals surface area contributed by atoms with Crippen molar-refractivity contribution < 1.29 is 18.7 Å². The standard InChI is InChI=1S/C28H27FN2O3S/c1-18-8-13-24-23(14-18)28(26(33)30(24)16-19-9-11-21(29)12-10-19)31(17-27(2,3)35-28)25(32)20-6-5-7-22(15-20)34-4/h5-15H,16-17H2,1-4H3. The Balaban J connectivity index is 1.64. The maximum atomic E-state index is 14.3. The Morgan fingerprint density at radius 1 is 1.09 bits per heavy atom. The lowest BCUT2D eigenvalue weighted by atomic mass is 10.0. The number of methoxy groups -OCH3 is 1. The molecule has 0 aromatic heterocycles. The quantitative estimate of drug-likeness (QED) is 0.484. The first kappa shape index (κ1) is 23.4. The van der Waals surface area contributed by atoms with E-state index in [1.165, 1.54) is 23.9 Å². The van der Waals surface area contributed by atoms with Crippen LogP contribution in [0.3, 0.4) is 0 Å². The van der Waals surface area contributed by atoms with Gasteiger partial charge in [-0.25, -0.2) is 4.39 Å². The van der Waals surface area contributed by atoms with Gasteiger partial charge in [-0.1, -0.05) is 35.9 Å². The van der Waals surface area contributed by atoms with Gasteiger partial charge in [0.2, 0.25) is 0 Å². The number of halogens is 1. The lowest BCUT2D eigenvalue weighted by Crippen LogP contribution is -2.50. The molecule has 5 nitrogen and oxygen atoms in total. The fourth-order valence-electron chi connectivity index (χ4n) is 4.96. The van der Waals surface area contributed by atoms with Crippen molar-refractivity contribution in [2.45, 2.75) is 36.9 Å². The third-order valence-corrected chi connectivity index (χ3v) is 8.09. The molecule has 5 rings (SSSR count). The Hall–Kier alpha value is -3.32. The van der Waals surface area contributed by atoms with Gasteiger partial charge < -0.3 is 14.5 Å². The van der Waals surface area contributed by atoms with Crippen LogP contribution in [0.4, 0.5) is 10.1 Å². The molecule has 1 atom stereocenters. The molecule has 1 unspecified atom stereocenters. The second-order valence-electron chi connectivity index (χ2n) is 9.67. The van der Waals surface area contributed by atoms with E-state index < -0.39 is 4.87 Å². The maximum Gasteiger partial charge on any atom is 0.268 e. The van der Waals surface area contributed by atoms with Crippen molar-refractivity contribution in [3.63, 3.8) is 0 Å². The van der Waals surface area contributed by atoms with E-state index in [0.717, 1.165) is 22.4 Å². The van der Waals surface area contributed by atoms with Crippen molar-refractivity contribution >= 4 is 29.3 Å². The molecule has 1 saturated heterocycles. The topological polar surface area (TPSA) is 49.9 Å². The highest BCUT2D eigenvalue weighted by molar-refractivity contribution is 8.02. The average molecular weight is 491 g/mol. The minimum absolute atomic E-state index is 0.158. The fraction of sp³-hybridized carbons (Fsp3) is 0.286. The van der Waals surface area contributed by atoms with Crippen LogP contribution in [-0.2, 0) is 16.2 Å². The molecule has 3 aromatic rings. The largest absolute Gasteiger partial charge is 0.497 e. The third-order valence-electron chi connectivity index (χ3n) is 6.50. The number of thioether (sulfide) groups is 1. The number of fused-ring (bicyclic) bond motifs is 2. The number of hydrogen-bond acceptors (Lipinski definition) is 4. The predicted octanol–water partition coefficient (Wildman–Crippen LogP) is 5.51. The summed E-state index contributed by atoms with van der Waals surface area (Å²) in [5, 5.41) is 0. The van der Waals surface area contributed by atoms with Crippen LogP contribution in [0.25, 0.3) is 0 Å². The molecule has 0 saturated carbocycles. The van der Waals surface area contributed by atoms with Crippen LogP contribution in [-0.4, -0.2) is 35.1 Å². The summed E-state index contributed by atoms with van der Waals surface area (Å²) in [6.45, 7) is 6.81. The van der Waals surface area contributed by atoms with Gasteiger partial charge in [0.1, 0.15) is 11.6 Å². The molecule has 2 aliphatic heterocycles. The second kappa shape index (κ2) is 8.41. The van der Waals surface area contributed by atoms with Crippen molar-refractivity contribution in [2.75, 3.05) is 18.6 Å². The highest BCUT2D eigenvalue weighted by Gasteiger charge is 2.63. The summed E-state index contributed by atoms with van der Waals surface area (Å²) >= 11 is 1.52. The van der Waals surface area contributed by atoms with Crippen LogP contribution in [0, 0.1) is 12.7 Å². The minimum atomic E-state index is -1.19. The Morgan fingerprint density at radius 3 is 2.54 bits per heavy atom. The normalized spacial score (nSPS) is 20.4. The van der Waals surface area contributed by atoms with Crippen LogP contribution in [0.2, 0.25) is 0 Å². The minimum Gasteiger partial charge on any atom is -0.497 e. The molecular formula is C28H27FN2O3S. The van der Waals surface area contributed by atoms with E-state index in [1.807, 2.05) is 25.1 Å². The summed E-state index contributed by atoms with van der Waals surface area (Å²) in [4.78, 5) is 30.5. The molecule has 1 fully saturated rings. The zero-order valence-electron chi connectivity index (χ0n) is 20.2. The van der Waals surface area contributed by atoms with Crippen LogP contribution >= 0.6 is 11.8 Å². The summed E-state index contributed by atoms with van der Waals surface area (Å²) in [6.07, 6.45) is 0. The first-order valence-corrected chi connectivity index (χ1v) is 12.3. The number of amides is 2. The van der Waals surface area contributed by atoms with Gasteiger partial charge in [-0.2, -0.15) is 0 Å². The Labute approximate surface area is 208 Å². The average Bonchev–Trinajstić information content (AvgIpc) is 3.25. The molecule has 0 aliphatic carbocycles. The van der Waals surface area contributed by atoms with E-state index in [9.17, 15) is 14.0 Å². The summed E-state index contributed by atoms with van der Waals surface area (Å²) < 4.78 is 18.5. The highest BCUT2D eigenvalue weighted by atomic mass is 32.2. The Morgan fingerprint density at radius 2 is 1.83 bits per heavy atom. The molecule has 2 aliphatic rings. The number of hydrogen-bond donors (Lipinski definition) is 0. The van der Waals surface area contributed by atoms with Gasteiger partial charge in [0.25, 0.3) is 11.8 Å². The van der Waals surface area contributed by atoms with E-state index in [1.54, 1.807) is 53.3 Å². The molecule has 1 spiro atoms. The van der Waals surface area contributed by atoms with Crippen LogP contribution in [0.1, 0.15) is 40.9 Å². The maximum absolute atomic E-state index is 14.3. The van der Waals surface area contributed by atoms with Crippen molar-refractivity contribution in [2.24, 2.45) is 0 Å². The van der Waals surface area contributed by atoms with Gasteiger partial charge in [-0.3, -0.25) is 9.59 Å². The first-order chi connectivity index (χ1) is 16.6. The molecule has 3 aromatic carbocycles. The van der Waals surface area contributed by atoms with Crippen molar-refractivity contribution in [3.05, 3.63) is 94.8 Å². The molecular weight excluding hydrogens is 463 g/mol. The van der Waals surface area contributed by atoms with Gasteiger partial charge in [0.15, 0.2) is 4.87 Å². The number of aryl methyl sites for hydroxylation is 1. The monoisotopic (exact) mass is 490 g/mol. The molecule has 0 bridgehead atoms. The molecule has 180 valence electrons. The fourth-order valence-corrected chi connectivity index (χ4v) is 6.68. The lowest BCUT2D eigenvalue weighted by molar-refractivity contribution is -0.123.